The molecule has 0 heterocycles. The van der Waals surface area contributed by atoms with Crippen molar-refractivity contribution in [2.75, 3.05) is 0 Å². The highest BCUT2D eigenvalue weighted by atomic mass is 16.4. The topological polar surface area (TPSA) is 231 Å². The Morgan fingerprint density at radius 2 is 1.44 bits per heavy atom. The fourth-order valence-corrected chi connectivity index (χ4v) is 2.83. The molecule has 0 aliphatic carbocycles. The van der Waals surface area contributed by atoms with Crippen LogP contribution in [-0.2, 0) is 35.2 Å². The summed E-state index contributed by atoms with van der Waals surface area (Å²) in [5.74, 6) is -6.29. The van der Waals surface area contributed by atoms with Crippen molar-refractivity contribution < 1.29 is 39.0 Å². The van der Waals surface area contributed by atoms with Gasteiger partial charge in [0.25, 0.3) is 0 Å². The van der Waals surface area contributed by atoms with E-state index in [1.165, 1.54) is 0 Å². The summed E-state index contributed by atoms with van der Waals surface area (Å²) >= 11 is 0. The van der Waals surface area contributed by atoms with Crippen LogP contribution >= 0.6 is 0 Å². The number of carboxylic acids is 2. The second-order valence-corrected chi connectivity index (χ2v) is 7.59. The molecular weight excluding hydrogens is 450 g/mol. The molecule has 0 bridgehead atoms. The van der Waals surface area contributed by atoms with Crippen molar-refractivity contribution >= 4 is 35.6 Å². The Labute approximate surface area is 195 Å². The molecule has 0 fully saturated rings. The van der Waals surface area contributed by atoms with Gasteiger partial charge in [0.15, 0.2) is 0 Å². The lowest BCUT2D eigenvalue weighted by atomic mass is 10.0. The second kappa shape index (κ2) is 13.5. The van der Waals surface area contributed by atoms with Crippen LogP contribution in [0.15, 0.2) is 30.3 Å². The van der Waals surface area contributed by atoms with E-state index < -0.39 is 66.2 Å². The summed E-state index contributed by atoms with van der Waals surface area (Å²) in [7, 11) is 0. The molecular formula is C21H29N5O8. The molecule has 13 heteroatoms. The molecule has 9 N–H and O–H groups in total. The Morgan fingerprint density at radius 1 is 0.882 bits per heavy atom. The SMILES string of the molecule is CC(NC(=O)C(CC(=O)O)NC(=O)C(CCC(N)=O)NC(=O)C(N)Cc1ccccc1)C(=O)O. The maximum atomic E-state index is 12.8. The smallest absolute Gasteiger partial charge is 0.325 e. The highest BCUT2D eigenvalue weighted by Gasteiger charge is 2.30. The number of carbonyl (C=O) groups is 6. The van der Waals surface area contributed by atoms with Crippen molar-refractivity contribution in [3.63, 3.8) is 0 Å². The van der Waals surface area contributed by atoms with E-state index in [1.54, 1.807) is 30.3 Å². The molecule has 4 amide bonds. The first-order chi connectivity index (χ1) is 15.9. The van der Waals surface area contributed by atoms with E-state index >= 15 is 0 Å². The molecule has 34 heavy (non-hydrogen) atoms. The van der Waals surface area contributed by atoms with E-state index in [-0.39, 0.29) is 19.3 Å². The van der Waals surface area contributed by atoms with Gasteiger partial charge in [-0.3, -0.25) is 28.8 Å². The van der Waals surface area contributed by atoms with Gasteiger partial charge in [-0.2, -0.15) is 0 Å². The summed E-state index contributed by atoms with van der Waals surface area (Å²) in [4.78, 5) is 71.0. The first-order valence-corrected chi connectivity index (χ1v) is 10.3. The van der Waals surface area contributed by atoms with Crippen molar-refractivity contribution in [1.82, 2.24) is 16.0 Å². The summed E-state index contributed by atoms with van der Waals surface area (Å²) in [5, 5.41) is 24.6. The minimum absolute atomic E-state index is 0.161. The van der Waals surface area contributed by atoms with Gasteiger partial charge in [0.2, 0.25) is 23.6 Å². The number of amides is 4. The van der Waals surface area contributed by atoms with E-state index in [1.807, 2.05) is 0 Å². The van der Waals surface area contributed by atoms with Crippen LogP contribution < -0.4 is 27.4 Å². The summed E-state index contributed by atoms with van der Waals surface area (Å²) in [5.41, 5.74) is 11.8. The van der Waals surface area contributed by atoms with E-state index in [0.29, 0.717) is 0 Å². The molecule has 4 unspecified atom stereocenters. The number of nitrogens with two attached hydrogens (primary N) is 2. The van der Waals surface area contributed by atoms with Crippen molar-refractivity contribution in [3.05, 3.63) is 35.9 Å². The minimum atomic E-state index is -1.64. The van der Waals surface area contributed by atoms with Gasteiger partial charge in [-0.25, -0.2) is 0 Å². The molecule has 0 aliphatic heterocycles. The summed E-state index contributed by atoms with van der Waals surface area (Å²) in [6.07, 6.45) is -1.22. The zero-order chi connectivity index (χ0) is 25.8. The molecule has 186 valence electrons. The van der Waals surface area contributed by atoms with Crippen molar-refractivity contribution in [1.29, 1.82) is 0 Å². The summed E-state index contributed by atoms with van der Waals surface area (Å²) in [6, 6.07) is 3.46. The molecule has 0 aromatic heterocycles. The predicted octanol–water partition coefficient (Wildman–Crippen LogP) is -2.14. The number of benzene rings is 1. The predicted molar refractivity (Wildman–Crippen MR) is 118 cm³/mol. The molecule has 1 aromatic rings. The number of nitrogens with one attached hydrogen (secondary N) is 3. The fraction of sp³-hybridized carbons (Fsp3) is 0.429. The maximum Gasteiger partial charge on any atom is 0.325 e. The first-order valence-electron chi connectivity index (χ1n) is 10.3. The fourth-order valence-electron chi connectivity index (χ4n) is 2.83. The van der Waals surface area contributed by atoms with Crippen LogP contribution in [0.1, 0.15) is 31.7 Å². The van der Waals surface area contributed by atoms with E-state index in [9.17, 15) is 28.8 Å². The Bertz CT molecular complexity index is 908. The number of carboxylic acid groups (broad SMARTS) is 2. The van der Waals surface area contributed by atoms with Gasteiger partial charge < -0.3 is 37.6 Å². The number of rotatable bonds is 14. The third kappa shape index (κ3) is 10.1. The number of primary amides is 1. The van der Waals surface area contributed by atoms with Crippen LogP contribution in [0.5, 0.6) is 0 Å². The summed E-state index contributed by atoms with van der Waals surface area (Å²) in [6.45, 7) is 1.16. The van der Waals surface area contributed by atoms with Crippen LogP contribution in [0, 0.1) is 0 Å². The van der Waals surface area contributed by atoms with Crippen LogP contribution in [0.2, 0.25) is 0 Å². The Balaban J connectivity index is 2.94. The summed E-state index contributed by atoms with van der Waals surface area (Å²) < 4.78 is 0. The lowest BCUT2D eigenvalue weighted by molar-refractivity contribution is -0.143. The molecule has 0 spiro atoms. The Kier molecular flexibility index (Phi) is 11.2. The van der Waals surface area contributed by atoms with Crippen LogP contribution in [0.4, 0.5) is 0 Å². The normalized spacial score (nSPS) is 14.1. The largest absolute Gasteiger partial charge is 0.481 e. The monoisotopic (exact) mass is 479 g/mol. The van der Waals surface area contributed by atoms with Gasteiger partial charge in [-0.1, -0.05) is 30.3 Å². The quantitative estimate of drug-likeness (QED) is 0.154. The molecule has 4 atom stereocenters. The molecule has 0 radical (unpaired) electrons. The average molecular weight is 479 g/mol. The molecule has 1 aromatic carbocycles. The highest BCUT2D eigenvalue weighted by Crippen LogP contribution is 2.05. The van der Waals surface area contributed by atoms with E-state index in [4.69, 9.17) is 21.7 Å². The standard InChI is InChI=1S/C21H29N5O8/c1-11(21(33)34)24-20(32)15(10-17(28)29)26-19(31)14(7-8-16(23)27)25-18(30)13(22)9-12-5-3-2-4-6-12/h2-6,11,13-15H,7-10,22H2,1H3,(H2,23,27)(H,24,32)(H,25,30)(H,26,31)(H,28,29)(H,33,34). The molecule has 0 aliphatic rings. The van der Waals surface area contributed by atoms with Crippen LogP contribution in [0.25, 0.3) is 0 Å². The second-order valence-electron chi connectivity index (χ2n) is 7.59. The molecule has 13 nitrogen and oxygen atoms in total. The van der Waals surface area contributed by atoms with Gasteiger partial charge in [-0.15, -0.1) is 0 Å². The van der Waals surface area contributed by atoms with Crippen molar-refractivity contribution in [2.24, 2.45) is 11.5 Å². The number of hydrogen-bond donors (Lipinski definition) is 7. The van der Waals surface area contributed by atoms with Crippen molar-refractivity contribution in [2.45, 2.75) is 56.8 Å². The first kappa shape index (κ1) is 28.0. The Morgan fingerprint density at radius 3 is 1.97 bits per heavy atom. The maximum absolute atomic E-state index is 12.8. The molecule has 0 saturated heterocycles. The van der Waals surface area contributed by atoms with Crippen LogP contribution in [-0.4, -0.2) is 69.9 Å². The van der Waals surface area contributed by atoms with Gasteiger partial charge in [-0.05, 0) is 25.3 Å². The van der Waals surface area contributed by atoms with Gasteiger partial charge >= 0.3 is 11.9 Å². The minimum Gasteiger partial charge on any atom is -0.481 e. The van der Waals surface area contributed by atoms with E-state index in [0.717, 1.165) is 12.5 Å². The number of carbonyl (C=O) groups excluding carboxylic acids is 4. The van der Waals surface area contributed by atoms with Gasteiger partial charge in [0.05, 0.1) is 12.5 Å². The number of aliphatic carboxylic acids is 2. The van der Waals surface area contributed by atoms with Crippen LogP contribution in [0.3, 0.4) is 0 Å². The lowest BCUT2D eigenvalue weighted by Gasteiger charge is -2.24. The molecule has 1 rings (SSSR count). The Hall–Kier alpha value is -4.00. The molecule has 0 saturated carbocycles. The third-order valence-corrected chi connectivity index (χ3v) is 4.69. The zero-order valence-electron chi connectivity index (χ0n) is 18.5. The van der Waals surface area contributed by atoms with E-state index in [2.05, 4.69) is 16.0 Å². The van der Waals surface area contributed by atoms with Gasteiger partial charge in [0.1, 0.15) is 18.1 Å². The number of hydrogen-bond acceptors (Lipinski definition) is 7. The third-order valence-electron chi connectivity index (χ3n) is 4.69. The lowest BCUT2D eigenvalue weighted by Crippen LogP contribution is -2.57. The average Bonchev–Trinajstić information content (AvgIpc) is 2.75. The van der Waals surface area contributed by atoms with Gasteiger partial charge in [0, 0.05) is 6.42 Å². The highest BCUT2D eigenvalue weighted by molar-refractivity contribution is 5.95. The zero-order valence-corrected chi connectivity index (χ0v) is 18.5. The van der Waals surface area contributed by atoms with Crippen molar-refractivity contribution in [3.8, 4) is 0 Å².